The van der Waals surface area contributed by atoms with Gasteiger partial charge >= 0.3 is 0 Å². The van der Waals surface area contributed by atoms with Gasteiger partial charge in [-0.05, 0) is 44.7 Å². The number of nitrogens with one attached hydrogen (secondary N) is 1. The molecule has 0 radical (unpaired) electrons. The minimum absolute atomic E-state index is 0.129. The van der Waals surface area contributed by atoms with Crippen LogP contribution in [0, 0.1) is 5.92 Å². The quantitative estimate of drug-likeness (QED) is 0.671. The van der Waals surface area contributed by atoms with Crippen LogP contribution in [0.15, 0.2) is 0 Å². The van der Waals surface area contributed by atoms with Gasteiger partial charge in [-0.3, -0.25) is 0 Å². The Hall–Kier alpha value is -0.130. The fourth-order valence-corrected chi connectivity index (χ4v) is 3.19. The maximum atomic E-state index is 11.2. The Morgan fingerprint density at radius 3 is 2.76 bits per heavy atom. The van der Waals surface area contributed by atoms with E-state index in [-0.39, 0.29) is 17.6 Å². The van der Waals surface area contributed by atoms with Crippen LogP contribution in [0.5, 0.6) is 0 Å². The predicted octanol–water partition coefficient (Wildman–Crippen LogP) is 0.952. The molecular weight excluding hydrogens is 238 g/mol. The first-order chi connectivity index (χ1) is 8.03. The molecule has 0 aliphatic heterocycles. The number of rotatable bonds is 7. The van der Waals surface area contributed by atoms with Gasteiger partial charge in [-0.25, -0.2) is 8.42 Å². The van der Waals surface area contributed by atoms with Gasteiger partial charge in [0, 0.05) is 5.75 Å². The van der Waals surface area contributed by atoms with Gasteiger partial charge in [0.15, 0.2) is 0 Å². The van der Waals surface area contributed by atoms with Gasteiger partial charge in [0.2, 0.25) is 0 Å². The van der Waals surface area contributed by atoms with Gasteiger partial charge in [-0.2, -0.15) is 0 Å². The number of aliphatic hydroxyl groups is 1. The predicted molar refractivity (Wildman–Crippen MR) is 69.8 cm³/mol. The van der Waals surface area contributed by atoms with E-state index in [4.69, 9.17) is 0 Å². The van der Waals surface area contributed by atoms with E-state index in [9.17, 15) is 13.5 Å². The van der Waals surface area contributed by atoms with E-state index in [2.05, 4.69) is 5.32 Å². The van der Waals surface area contributed by atoms with Crippen molar-refractivity contribution in [3.8, 4) is 0 Å². The third-order valence-electron chi connectivity index (χ3n) is 3.44. The molecule has 0 amide bonds. The van der Waals surface area contributed by atoms with Crippen LogP contribution >= 0.6 is 0 Å². The SMILES string of the molecule is CCS(=O)(=O)CCCNCC1CCCC(O)C1. The third kappa shape index (κ3) is 6.38. The molecule has 1 saturated carbocycles. The minimum Gasteiger partial charge on any atom is -0.393 e. The Balaban J connectivity index is 2.04. The topological polar surface area (TPSA) is 66.4 Å². The number of aliphatic hydroxyl groups excluding tert-OH is 1. The average molecular weight is 263 g/mol. The van der Waals surface area contributed by atoms with Crippen LogP contribution in [0.4, 0.5) is 0 Å². The highest BCUT2D eigenvalue weighted by Crippen LogP contribution is 2.23. The number of hydrogen-bond acceptors (Lipinski definition) is 4. The van der Waals surface area contributed by atoms with Crippen molar-refractivity contribution >= 4 is 9.84 Å². The van der Waals surface area contributed by atoms with Gasteiger partial charge in [-0.15, -0.1) is 0 Å². The lowest BCUT2D eigenvalue weighted by atomic mass is 9.87. The first-order valence-electron chi connectivity index (χ1n) is 6.62. The fourth-order valence-electron chi connectivity index (χ4n) is 2.32. The average Bonchev–Trinajstić information content (AvgIpc) is 2.29. The highest BCUT2D eigenvalue weighted by atomic mass is 32.2. The molecule has 0 spiro atoms. The van der Waals surface area contributed by atoms with Crippen LogP contribution in [0.25, 0.3) is 0 Å². The molecular formula is C12H25NO3S. The summed E-state index contributed by atoms with van der Waals surface area (Å²) in [5.74, 6) is 1.08. The van der Waals surface area contributed by atoms with Crippen LogP contribution in [0.2, 0.25) is 0 Å². The van der Waals surface area contributed by atoms with Crippen LogP contribution in [-0.4, -0.2) is 44.2 Å². The molecule has 0 aromatic rings. The minimum atomic E-state index is -2.81. The van der Waals surface area contributed by atoms with Crippen LogP contribution < -0.4 is 5.32 Å². The standard InChI is InChI=1S/C12H25NO3S/c1-2-17(15,16)8-4-7-13-10-11-5-3-6-12(14)9-11/h11-14H,2-10H2,1H3. The second-order valence-corrected chi connectivity index (χ2v) is 7.45. The summed E-state index contributed by atoms with van der Waals surface area (Å²) in [7, 11) is -2.81. The zero-order chi connectivity index (χ0) is 12.7. The van der Waals surface area contributed by atoms with Crippen LogP contribution in [-0.2, 0) is 9.84 Å². The Morgan fingerprint density at radius 1 is 1.35 bits per heavy atom. The molecule has 1 fully saturated rings. The molecule has 0 bridgehead atoms. The van der Waals surface area contributed by atoms with Gasteiger partial charge in [0.25, 0.3) is 0 Å². The van der Waals surface area contributed by atoms with Crippen LogP contribution in [0.1, 0.15) is 39.0 Å². The molecule has 102 valence electrons. The van der Waals surface area contributed by atoms with Crippen molar-refractivity contribution in [1.29, 1.82) is 0 Å². The van der Waals surface area contributed by atoms with Crippen molar-refractivity contribution in [3.05, 3.63) is 0 Å². The summed E-state index contributed by atoms with van der Waals surface area (Å²) in [4.78, 5) is 0. The molecule has 0 heterocycles. The normalized spacial score (nSPS) is 26.0. The lowest BCUT2D eigenvalue weighted by molar-refractivity contribution is 0.101. The van der Waals surface area contributed by atoms with E-state index in [1.165, 1.54) is 6.42 Å². The van der Waals surface area contributed by atoms with Gasteiger partial charge in [-0.1, -0.05) is 13.3 Å². The summed E-state index contributed by atoms with van der Waals surface area (Å²) in [6, 6.07) is 0. The maximum Gasteiger partial charge on any atom is 0.150 e. The first-order valence-corrected chi connectivity index (χ1v) is 8.45. The second-order valence-electron chi connectivity index (χ2n) is 4.98. The zero-order valence-corrected chi connectivity index (χ0v) is 11.5. The number of sulfone groups is 1. The lowest BCUT2D eigenvalue weighted by Crippen LogP contribution is -2.30. The molecule has 5 heteroatoms. The molecule has 0 saturated heterocycles. The summed E-state index contributed by atoms with van der Waals surface area (Å²) < 4.78 is 22.5. The summed E-state index contributed by atoms with van der Waals surface area (Å²) in [5, 5.41) is 12.8. The Kier molecular flexibility index (Phi) is 6.44. The molecule has 1 aliphatic rings. The molecule has 2 N–H and O–H groups in total. The van der Waals surface area contributed by atoms with Crippen molar-refractivity contribution in [1.82, 2.24) is 5.32 Å². The van der Waals surface area contributed by atoms with Crippen molar-refractivity contribution in [2.24, 2.45) is 5.92 Å². The fraction of sp³-hybridized carbons (Fsp3) is 1.00. The molecule has 17 heavy (non-hydrogen) atoms. The molecule has 0 aromatic heterocycles. The highest BCUT2D eigenvalue weighted by molar-refractivity contribution is 7.91. The summed E-state index contributed by atoms with van der Waals surface area (Å²) in [6.45, 7) is 3.35. The summed E-state index contributed by atoms with van der Waals surface area (Å²) >= 11 is 0. The zero-order valence-electron chi connectivity index (χ0n) is 10.7. The van der Waals surface area contributed by atoms with E-state index in [0.717, 1.165) is 32.4 Å². The molecule has 1 aliphatic carbocycles. The Morgan fingerprint density at radius 2 is 2.12 bits per heavy atom. The Labute approximate surface area is 105 Å². The largest absolute Gasteiger partial charge is 0.393 e. The van der Waals surface area contributed by atoms with Gasteiger partial charge in [0.05, 0.1) is 11.9 Å². The van der Waals surface area contributed by atoms with Crippen molar-refractivity contribution < 1.29 is 13.5 Å². The maximum absolute atomic E-state index is 11.2. The highest BCUT2D eigenvalue weighted by Gasteiger charge is 2.19. The third-order valence-corrected chi connectivity index (χ3v) is 5.23. The van der Waals surface area contributed by atoms with E-state index in [1.54, 1.807) is 6.92 Å². The summed E-state index contributed by atoms with van der Waals surface area (Å²) in [5.41, 5.74) is 0. The number of hydrogen-bond donors (Lipinski definition) is 2. The van der Waals surface area contributed by atoms with E-state index >= 15 is 0 Å². The monoisotopic (exact) mass is 263 g/mol. The van der Waals surface area contributed by atoms with Gasteiger partial charge < -0.3 is 10.4 Å². The molecule has 2 unspecified atom stereocenters. The van der Waals surface area contributed by atoms with Crippen molar-refractivity contribution in [3.63, 3.8) is 0 Å². The van der Waals surface area contributed by atoms with Crippen LogP contribution in [0.3, 0.4) is 0 Å². The van der Waals surface area contributed by atoms with Gasteiger partial charge in [0.1, 0.15) is 9.84 Å². The first kappa shape index (κ1) is 14.9. The molecule has 2 atom stereocenters. The second kappa shape index (κ2) is 7.34. The van der Waals surface area contributed by atoms with Crippen molar-refractivity contribution in [2.75, 3.05) is 24.6 Å². The molecule has 0 aromatic carbocycles. The van der Waals surface area contributed by atoms with Crippen molar-refractivity contribution in [2.45, 2.75) is 45.1 Å². The lowest BCUT2D eigenvalue weighted by Gasteiger charge is -2.25. The molecule has 4 nitrogen and oxygen atoms in total. The van der Waals surface area contributed by atoms with E-state index in [1.807, 2.05) is 0 Å². The van der Waals surface area contributed by atoms with E-state index in [0.29, 0.717) is 12.3 Å². The smallest absolute Gasteiger partial charge is 0.150 e. The molecule has 1 rings (SSSR count). The Bertz CT molecular complexity index is 303. The van der Waals surface area contributed by atoms with E-state index < -0.39 is 9.84 Å². The summed E-state index contributed by atoms with van der Waals surface area (Å²) in [6.07, 6.45) is 4.67.